The van der Waals surface area contributed by atoms with Gasteiger partial charge in [0.1, 0.15) is 23.8 Å². The second-order valence-corrected chi connectivity index (χ2v) is 24.0. The summed E-state index contributed by atoms with van der Waals surface area (Å²) >= 11 is 3.21. The van der Waals surface area contributed by atoms with Crippen LogP contribution in [0.1, 0.15) is 183 Å². The summed E-state index contributed by atoms with van der Waals surface area (Å²) in [7, 11) is 0. The number of allylic oxidation sites excluding steroid dienone is 1. The molecule has 5 rings (SSSR count). The molecule has 0 aliphatic carbocycles. The normalized spacial score (nSPS) is 34.2. The summed E-state index contributed by atoms with van der Waals surface area (Å²) in [4.78, 5) is 61.5. The molecule has 398 valence electrons. The van der Waals surface area contributed by atoms with Gasteiger partial charge in [0, 0.05) is 35.4 Å². The van der Waals surface area contributed by atoms with Gasteiger partial charge in [-0.15, -0.1) is 22.7 Å². The average molecular weight is 1030 g/mol. The monoisotopic (exact) mass is 1030 g/mol. The number of cyclic esters (lactones) is 2. The van der Waals surface area contributed by atoms with Gasteiger partial charge in [0.25, 0.3) is 0 Å². The van der Waals surface area contributed by atoms with Crippen molar-refractivity contribution in [1.29, 1.82) is 0 Å². The Bertz CT molecular complexity index is 2210. The lowest BCUT2D eigenvalue weighted by molar-refractivity contribution is -0.156. The largest absolute Gasteiger partial charge is 0.458 e. The van der Waals surface area contributed by atoms with Crippen molar-refractivity contribution in [2.75, 3.05) is 0 Å². The summed E-state index contributed by atoms with van der Waals surface area (Å²) in [5.41, 5.74) is 1.94. The van der Waals surface area contributed by atoms with E-state index in [-0.39, 0.29) is 47.9 Å². The van der Waals surface area contributed by atoms with Crippen LogP contribution in [-0.2, 0) is 46.2 Å². The zero-order valence-corrected chi connectivity index (χ0v) is 46.7. The molecule has 0 amide bonds. The highest BCUT2D eigenvalue weighted by Crippen LogP contribution is 2.45. The molecule has 12 atom stereocenters. The molecular weight excluding hydrogens is 941 g/mol. The van der Waals surface area contributed by atoms with Crippen LogP contribution in [0.3, 0.4) is 0 Å². The highest BCUT2D eigenvalue weighted by molar-refractivity contribution is 7.10. The summed E-state index contributed by atoms with van der Waals surface area (Å²) in [6.07, 6.45) is 8.11. The number of fused-ring (bicyclic) bond motifs is 1. The van der Waals surface area contributed by atoms with Crippen LogP contribution in [0.4, 0.5) is 0 Å². The van der Waals surface area contributed by atoms with E-state index in [4.69, 9.17) is 14.2 Å². The minimum absolute atomic E-state index is 0.0448. The molecule has 5 heterocycles. The van der Waals surface area contributed by atoms with Gasteiger partial charge in [-0.25, -0.2) is 9.97 Å². The molecule has 0 saturated carbocycles. The third-order valence-corrected chi connectivity index (χ3v) is 17.5. The number of aliphatic hydroxyl groups excluding tert-OH is 4. The molecule has 3 aliphatic rings. The third kappa shape index (κ3) is 16.5. The fourth-order valence-electron chi connectivity index (χ4n) is 9.68. The molecule has 2 saturated heterocycles. The minimum Gasteiger partial charge on any atom is -0.458 e. The average Bonchev–Trinajstić information content (AvgIpc) is 3.60. The molecule has 2 aromatic rings. The van der Waals surface area contributed by atoms with Crippen LogP contribution in [-0.4, -0.2) is 102 Å². The molecule has 0 aromatic carbocycles. The number of ketones is 2. The predicted molar refractivity (Wildman–Crippen MR) is 282 cm³/mol. The quantitative estimate of drug-likeness (QED) is 0.121. The van der Waals surface area contributed by atoms with Crippen molar-refractivity contribution in [3.05, 3.63) is 55.0 Å². The van der Waals surface area contributed by atoms with Crippen LogP contribution < -0.4 is 0 Å². The first-order valence-electron chi connectivity index (χ1n) is 25.9. The van der Waals surface area contributed by atoms with Gasteiger partial charge in [0.05, 0.1) is 81.2 Å². The van der Waals surface area contributed by atoms with Gasteiger partial charge in [-0.3, -0.25) is 19.2 Å². The molecule has 13 nitrogen and oxygen atoms in total. The van der Waals surface area contributed by atoms with E-state index in [0.29, 0.717) is 12.8 Å². The van der Waals surface area contributed by atoms with Crippen molar-refractivity contribution in [3.8, 4) is 0 Å². The topological polar surface area (TPSA) is 206 Å². The van der Waals surface area contributed by atoms with Crippen LogP contribution in [0, 0.1) is 34.5 Å². The van der Waals surface area contributed by atoms with E-state index in [1.54, 1.807) is 64.2 Å². The number of Topliss-reactive ketones (excluding diaryl/α,β-unsaturated/α-hetero) is 2. The number of carbonyl (C=O) groups excluding carboxylic acids is 4. The molecule has 0 radical (unpaired) electrons. The molecular formula is C56H86N2O11S2. The zero-order chi connectivity index (χ0) is 53.2. The van der Waals surface area contributed by atoms with Crippen LogP contribution in [0.5, 0.6) is 0 Å². The summed E-state index contributed by atoms with van der Waals surface area (Å²) < 4.78 is 17.8. The van der Waals surface area contributed by atoms with Crippen LogP contribution in [0.15, 0.2) is 33.6 Å². The fourth-order valence-corrected chi connectivity index (χ4v) is 11.1. The van der Waals surface area contributed by atoms with Crippen molar-refractivity contribution in [2.45, 2.75) is 222 Å². The van der Waals surface area contributed by atoms with E-state index < -0.39 is 71.2 Å². The maximum absolute atomic E-state index is 13.2. The second-order valence-electron chi connectivity index (χ2n) is 22.1. The molecule has 3 aliphatic heterocycles. The number of esters is 2. The number of hydrogen-bond donors (Lipinski definition) is 4. The maximum Gasteiger partial charge on any atom is 0.309 e. The van der Waals surface area contributed by atoms with Gasteiger partial charge in [-0.2, -0.15) is 0 Å². The van der Waals surface area contributed by atoms with E-state index in [2.05, 4.69) is 43.7 Å². The lowest BCUT2D eigenvalue weighted by Gasteiger charge is -2.34. The maximum atomic E-state index is 13.2. The van der Waals surface area contributed by atoms with Crippen molar-refractivity contribution in [1.82, 2.24) is 9.97 Å². The first kappa shape index (κ1) is 60.1. The number of rotatable bonds is 6. The van der Waals surface area contributed by atoms with Crippen molar-refractivity contribution in [2.24, 2.45) is 34.5 Å². The molecule has 2 fully saturated rings. The van der Waals surface area contributed by atoms with E-state index in [9.17, 15) is 39.6 Å². The van der Waals surface area contributed by atoms with Crippen LogP contribution >= 0.6 is 22.7 Å². The van der Waals surface area contributed by atoms with Gasteiger partial charge in [0.15, 0.2) is 0 Å². The number of aromatic nitrogens is 2. The highest BCUT2D eigenvalue weighted by Gasteiger charge is 2.53. The van der Waals surface area contributed by atoms with Crippen molar-refractivity contribution >= 4 is 58.3 Å². The Kier molecular flexibility index (Phi) is 22.2. The number of ether oxygens (including phenoxy) is 3. The fraction of sp³-hybridized carbons (Fsp3) is 0.714. The Morgan fingerprint density at radius 3 is 1.59 bits per heavy atom. The smallest absolute Gasteiger partial charge is 0.309 e. The summed E-state index contributed by atoms with van der Waals surface area (Å²) in [6, 6.07) is 0. The Hall–Kier alpha value is -3.44. The van der Waals surface area contributed by atoms with E-state index >= 15 is 0 Å². The lowest BCUT2D eigenvalue weighted by atomic mass is 9.73. The number of nitrogens with zero attached hydrogens (tertiary/aromatic N) is 2. The number of hydrogen-bond acceptors (Lipinski definition) is 15. The molecule has 2 aromatic heterocycles. The third-order valence-electron chi connectivity index (χ3n) is 15.4. The van der Waals surface area contributed by atoms with Crippen LogP contribution in [0.2, 0.25) is 0 Å². The van der Waals surface area contributed by atoms with Gasteiger partial charge in [-0.05, 0) is 108 Å². The molecule has 0 bridgehead atoms. The molecule has 15 heteroatoms. The SMILES string of the molecule is CCc1nc(/C=C(\C)C2C/C=C(/C)CCC[C@H](C)[C@H](O)[C@@H](C)C(=O)C(C)(C)[C@@H](O)CC(=O)O2)cs1.CCc1nc(/C=C(\C)C2C[C@@H]3O[C@]3(C)CCCC(C)[C@H](O)[C@@H](C)C(=O)C(C)(C)[C@@H](O)CC(=O)O2)cs1. The number of carbonyl (C=O) groups is 4. The highest BCUT2D eigenvalue weighted by atomic mass is 32.1. The molecule has 3 unspecified atom stereocenters. The van der Waals surface area contributed by atoms with Gasteiger partial charge < -0.3 is 34.6 Å². The number of thiazole rings is 2. The summed E-state index contributed by atoms with van der Waals surface area (Å²) in [6.45, 7) is 26.0. The summed E-state index contributed by atoms with van der Waals surface area (Å²) in [5.74, 6) is -3.03. The Morgan fingerprint density at radius 1 is 0.704 bits per heavy atom. The number of aliphatic hydroxyl groups is 4. The van der Waals surface area contributed by atoms with Crippen molar-refractivity contribution in [3.63, 3.8) is 0 Å². The Balaban J connectivity index is 0.000000309. The van der Waals surface area contributed by atoms with E-state index in [0.717, 1.165) is 83.9 Å². The van der Waals surface area contributed by atoms with Crippen molar-refractivity contribution < 1.29 is 53.8 Å². The standard InChI is InChI=1S/C28H43NO6S.C28H43NO5S/c1-8-23-29-19(15-36-23)12-17(3)20-13-22-28(7,35-22)11-9-10-16(2)25(32)18(4)26(33)27(5,6)21(30)14-24(31)34-20;1-8-24-29-21(16-35-24)14-19(4)22-13-12-17(2)10-9-11-18(3)26(32)20(5)27(33)28(6,7)23(30)15-25(31)34-22/h12,15-16,18,20-22,25,30,32H,8-11,13-14H2,1-7H3;12,14,16,18,20,22-23,26,30,32H,8-11,13,15H2,1-7H3/b17-12+;17-12-,19-14+/t16?,18-,20?,21+,22+,25+,28-;18-,20+,22?,23-,26-/m10/s1. The lowest BCUT2D eigenvalue weighted by Crippen LogP contribution is -2.45. The van der Waals surface area contributed by atoms with Crippen LogP contribution in [0.25, 0.3) is 12.2 Å². The van der Waals surface area contributed by atoms with Gasteiger partial charge in [-0.1, -0.05) is 87.3 Å². The first-order chi connectivity index (χ1) is 33.1. The van der Waals surface area contributed by atoms with Gasteiger partial charge in [0.2, 0.25) is 0 Å². The Morgan fingerprint density at radius 2 is 1.14 bits per heavy atom. The number of epoxide rings is 1. The van der Waals surface area contributed by atoms with E-state index in [1.807, 2.05) is 50.6 Å². The minimum atomic E-state index is -1.23. The molecule has 4 N–H and O–H groups in total. The summed E-state index contributed by atoms with van der Waals surface area (Å²) in [5, 5.41) is 49.5. The van der Waals surface area contributed by atoms with E-state index in [1.165, 1.54) is 5.57 Å². The predicted octanol–water partition coefficient (Wildman–Crippen LogP) is 10.3. The first-order valence-corrected chi connectivity index (χ1v) is 27.7. The molecule has 71 heavy (non-hydrogen) atoms. The molecule has 0 spiro atoms. The second kappa shape index (κ2) is 26.2. The number of aryl methyl sites for hydroxylation is 2. The van der Waals surface area contributed by atoms with Gasteiger partial charge >= 0.3 is 11.9 Å². The Labute approximate surface area is 432 Å². The zero-order valence-electron chi connectivity index (χ0n) is 45.1.